The minimum absolute atomic E-state index is 0.173. The van der Waals surface area contributed by atoms with Crippen molar-refractivity contribution in [2.24, 2.45) is 17.1 Å². The van der Waals surface area contributed by atoms with Gasteiger partial charge in [0.25, 0.3) is 0 Å². The second kappa shape index (κ2) is 5.65. The van der Waals surface area contributed by atoms with Crippen LogP contribution in [0, 0.1) is 17.2 Å². The van der Waals surface area contributed by atoms with Gasteiger partial charge in [-0.25, -0.2) is 4.39 Å². The molecule has 1 aromatic rings. The number of hydrogen-bond donors (Lipinski definition) is 2. The number of halogens is 1. The van der Waals surface area contributed by atoms with Crippen molar-refractivity contribution in [1.29, 1.82) is 0 Å². The quantitative estimate of drug-likeness (QED) is 0.881. The Bertz CT molecular complexity index is 456. The van der Waals surface area contributed by atoms with E-state index in [0.717, 1.165) is 31.9 Å². The lowest BCUT2D eigenvalue weighted by atomic mass is 9.70. The van der Waals surface area contributed by atoms with Crippen molar-refractivity contribution >= 4 is 11.6 Å². The Morgan fingerprint density at radius 2 is 2.26 bits per heavy atom. The van der Waals surface area contributed by atoms with Gasteiger partial charge in [-0.3, -0.25) is 9.78 Å². The first-order chi connectivity index (χ1) is 9.07. The molecule has 1 saturated carbocycles. The fourth-order valence-corrected chi connectivity index (χ4v) is 2.57. The molecule has 1 amide bonds. The van der Waals surface area contributed by atoms with E-state index in [1.807, 2.05) is 0 Å². The molecule has 4 nitrogen and oxygen atoms in total. The molecule has 0 bridgehead atoms. The zero-order chi connectivity index (χ0) is 13.9. The summed E-state index contributed by atoms with van der Waals surface area (Å²) in [4.78, 5) is 16.1. The Morgan fingerprint density at radius 1 is 1.58 bits per heavy atom. The summed E-state index contributed by atoms with van der Waals surface area (Å²) in [5, 5.41) is 2.65. The topological polar surface area (TPSA) is 68.0 Å². The lowest BCUT2D eigenvalue weighted by molar-refractivity contribution is -0.127. The first kappa shape index (κ1) is 13.9. The molecule has 2 rings (SSSR count). The molecule has 1 aromatic heterocycles. The first-order valence-electron chi connectivity index (χ1n) is 6.68. The van der Waals surface area contributed by atoms with E-state index in [0.29, 0.717) is 12.5 Å². The van der Waals surface area contributed by atoms with Gasteiger partial charge < -0.3 is 11.1 Å². The Kier molecular flexibility index (Phi) is 4.14. The Labute approximate surface area is 112 Å². The van der Waals surface area contributed by atoms with Crippen molar-refractivity contribution < 1.29 is 9.18 Å². The van der Waals surface area contributed by atoms with Crippen molar-refractivity contribution in [3.8, 4) is 0 Å². The average molecular weight is 265 g/mol. The highest BCUT2D eigenvalue weighted by Crippen LogP contribution is 2.39. The standard InChI is InChI=1S/C14H20FN3O/c1-10-2-5-14(9-16,6-3-10)13(19)18-12-4-7-17-8-11(12)15/h4,7-8,10H,2-3,5-6,9,16H2,1H3,(H,17,18,19). The minimum Gasteiger partial charge on any atom is -0.329 e. The predicted octanol–water partition coefficient (Wildman–Crippen LogP) is 2.31. The molecule has 0 radical (unpaired) electrons. The molecule has 5 heteroatoms. The molecule has 3 N–H and O–H groups in total. The average Bonchev–Trinajstić information content (AvgIpc) is 2.42. The third-order valence-corrected chi connectivity index (χ3v) is 4.12. The van der Waals surface area contributed by atoms with Crippen LogP contribution < -0.4 is 11.1 Å². The molecule has 0 aliphatic heterocycles. The summed E-state index contributed by atoms with van der Waals surface area (Å²) >= 11 is 0. The number of hydrogen-bond acceptors (Lipinski definition) is 3. The van der Waals surface area contributed by atoms with Crippen molar-refractivity contribution in [2.45, 2.75) is 32.6 Å². The Balaban J connectivity index is 2.12. The van der Waals surface area contributed by atoms with Crippen LogP contribution in [0.1, 0.15) is 32.6 Å². The smallest absolute Gasteiger partial charge is 0.231 e. The van der Waals surface area contributed by atoms with Gasteiger partial charge >= 0.3 is 0 Å². The predicted molar refractivity (Wildman–Crippen MR) is 71.9 cm³/mol. The molecule has 19 heavy (non-hydrogen) atoms. The highest BCUT2D eigenvalue weighted by molar-refractivity contribution is 5.95. The van der Waals surface area contributed by atoms with Crippen LogP contribution in [0.2, 0.25) is 0 Å². The molecule has 104 valence electrons. The lowest BCUT2D eigenvalue weighted by Gasteiger charge is -2.37. The van der Waals surface area contributed by atoms with E-state index < -0.39 is 11.2 Å². The number of aromatic nitrogens is 1. The number of pyridine rings is 1. The maximum absolute atomic E-state index is 13.5. The molecule has 1 heterocycles. The van der Waals surface area contributed by atoms with Gasteiger partial charge in [0.05, 0.1) is 17.3 Å². The van der Waals surface area contributed by atoms with Gasteiger partial charge in [0, 0.05) is 12.7 Å². The van der Waals surface area contributed by atoms with Crippen molar-refractivity contribution in [3.63, 3.8) is 0 Å². The van der Waals surface area contributed by atoms with E-state index in [9.17, 15) is 9.18 Å². The maximum atomic E-state index is 13.5. The lowest BCUT2D eigenvalue weighted by Crippen LogP contribution is -2.45. The van der Waals surface area contributed by atoms with Gasteiger partial charge in [0.15, 0.2) is 5.82 Å². The summed E-state index contributed by atoms with van der Waals surface area (Å²) in [7, 11) is 0. The summed E-state index contributed by atoms with van der Waals surface area (Å²) in [6, 6.07) is 1.46. The number of amides is 1. The fraction of sp³-hybridized carbons (Fsp3) is 0.571. The third kappa shape index (κ3) is 2.92. The molecule has 1 aliphatic rings. The summed E-state index contributed by atoms with van der Waals surface area (Å²) in [6.07, 6.45) is 6.06. The fourth-order valence-electron chi connectivity index (χ4n) is 2.57. The zero-order valence-corrected chi connectivity index (χ0v) is 11.2. The van der Waals surface area contributed by atoms with Gasteiger partial charge in [-0.15, -0.1) is 0 Å². The number of rotatable bonds is 3. The number of anilines is 1. The van der Waals surface area contributed by atoms with E-state index in [1.165, 1.54) is 12.3 Å². The van der Waals surface area contributed by atoms with Crippen molar-refractivity contribution in [3.05, 3.63) is 24.3 Å². The molecule has 0 unspecified atom stereocenters. The highest BCUT2D eigenvalue weighted by atomic mass is 19.1. The van der Waals surface area contributed by atoms with E-state index in [2.05, 4.69) is 17.2 Å². The summed E-state index contributed by atoms with van der Waals surface area (Å²) in [5.41, 5.74) is 5.43. The molecule has 1 fully saturated rings. The molecular weight excluding hydrogens is 245 g/mol. The molecule has 0 spiro atoms. The van der Waals surface area contributed by atoms with Crippen LogP contribution in [-0.4, -0.2) is 17.4 Å². The van der Waals surface area contributed by atoms with E-state index >= 15 is 0 Å². The second-order valence-corrected chi connectivity index (χ2v) is 5.48. The van der Waals surface area contributed by atoms with Crippen LogP contribution in [0.15, 0.2) is 18.5 Å². The van der Waals surface area contributed by atoms with Crippen LogP contribution in [-0.2, 0) is 4.79 Å². The van der Waals surface area contributed by atoms with Crippen LogP contribution in [0.25, 0.3) is 0 Å². The Morgan fingerprint density at radius 3 is 2.84 bits per heavy atom. The number of nitrogens with zero attached hydrogens (tertiary/aromatic N) is 1. The Hall–Kier alpha value is -1.49. The second-order valence-electron chi connectivity index (χ2n) is 5.48. The number of nitrogens with two attached hydrogens (primary N) is 1. The monoisotopic (exact) mass is 265 g/mol. The number of nitrogens with one attached hydrogen (secondary N) is 1. The van der Waals surface area contributed by atoms with E-state index in [1.54, 1.807) is 0 Å². The first-order valence-corrected chi connectivity index (χ1v) is 6.68. The van der Waals surface area contributed by atoms with E-state index in [4.69, 9.17) is 5.73 Å². The normalized spacial score (nSPS) is 27.0. The summed E-state index contributed by atoms with van der Waals surface area (Å²) in [5.74, 6) is -0.0654. The molecule has 1 aliphatic carbocycles. The summed E-state index contributed by atoms with van der Waals surface area (Å²) in [6.45, 7) is 2.49. The van der Waals surface area contributed by atoms with Crippen LogP contribution in [0.5, 0.6) is 0 Å². The molecule has 0 atom stereocenters. The largest absolute Gasteiger partial charge is 0.329 e. The number of carbonyl (C=O) groups is 1. The van der Waals surface area contributed by atoms with Gasteiger partial charge in [0.2, 0.25) is 5.91 Å². The summed E-state index contributed by atoms with van der Waals surface area (Å²) < 4.78 is 13.5. The molecular formula is C14H20FN3O. The van der Waals surface area contributed by atoms with Crippen molar-refractivity contribution in [1.82, 2.24) is 4.98 Å². The third-order valence-electron chi connectivity index (χ3n) is 4.12. The highest BCUT2D eigenvalue weighted by Gasteiger charge is 2.40. The van der Waals surface area contributed by atoms with E-state index in [-0.39, 0.29) is 11.6 Å². The SMILES string of the molecule is CC1CCC(CN)(C(=O)Nc2ccncc2F)CC1. The van der Waals surface area contributed by atoms with Crippen LogP contribution in [0.4, 0.5) is 10.1 Å². The van der Waals surface area contributed by atoms with Gasteiger partial charge in [0.1, 0.15) is 0 Å². The maximum Gasteiger partial charge on any atom is 0.231 e. The molecule has 0 saturated heterocycles. The van der Waals surface area contributed by atoms with Crippen molar-refractivity contribution in [2.75, 3.05) is 11.9 Å². The van der Waals surface area contributed by atoms with Crippen LogP contribution >= 0.6 is 0 Å². The minimum atomic E-state index is -0.553. The van der Waals surface area contributed by atoms with Gasteiger partial charge in [-0.2, -0.15) is 0 Å². The van der Waals surface area contributed by atoms with Gasteiger partial charge in [-0.1, -0.05) is 6.92 Å². The van der Waals surface area contributed by atoms with Gasteiger partial charge in [-0.05, 0) is 37.7 Å². The van der Waals surface area contributed by atoms with Crippen LogP contribution in [0.3, 0.4) is 0 Å². The zero-order valence-electron chi connectivity index (χ0n) is 11.2. The number of carbonyl (C=O) groups excluding carboxylic acids is 1. The molecule has 0 aromatic carbocycles.